The zero-order chi connectivity index (χ0) is 10.0. The van der Waals surface area contributed by atoms with E-state index in [9.17, 15) is 22.0 Å². The molecule has 0 N–H and O–H groups in total. The lowest BCUT2D eigenvalue weighted by molar-refractivity contribution is -0.0278. The summed E-state index contributed by atoms with van der Waals surface area (Å²) in [4.78, 5) is 0. The average Bonchev–Trinajstić information content (AvgIpc) is 2.09. The summed E-state index contributed by atoms with van der Waals surface area (Å²) in [7, 11) is 0. The Hall–Kier alpha value is -0.350. The second-order valence-electron chi connectivity index (χ2n) is 4.06. The fraction of sp³-hybridized carbons (Fsp3) is 1.00. The Labute approximate surface area is 66.8 Å². The van der Waals surface area contributed by atoms with Gasteiger partial charge in [0.2, 0.25) is 0 Å². The average molecular weight is 188 g/mol. The van der Waals surface area contributed by atoms with Crippen molar-refractivity contribution in [1.29, 1.82) is 0 Å². The molecule has 0 atom stereocenters. The lowest BCUT2D eigenvalue weighted by atomic mass is 9.87. The van der Waals surface area contributed by atoms with E-state index in [1.165, 1.54) is 0 Å². The van der Waals surface area contributed by atoms with Crippen LogP contribution in [-0.4, -0.2) is 17.5 Å². The third-order valence-electron chi connectivity index (χ3n) is 2.23. The van der Waals surface area contributed by atoms with Crippen molar-refractivity contribution < 1.29 is 22.0 Å². The van der Waals surface area contributed by atoms with Crippen molar-refractivity contribution in [2.24, 2.45) is 5.41 Å². The van der Waals surface area contributed by atoms with Gasteiger partial charge in [-0.15, -0.1) is 0 Å². The molecule has 5 heteroatoms. The smallest absolute Gasteiger partial charge is 0.229 e. The molecule has 0 bridgehead atoms. The van der Waals surface area contributed by atoms with Crippen molar-refractivity contribution in [2.45, 2.75) is 38.3 Å². The summed E-state index contributed by atoms with van der Waals surface area (Å²) >= 11 is 0. The van der Waals surface area contributed by atoms with E-state index in [0.717, 1.165) is 20.8 Å². The van der Waals surface area contributed by atoms with Crippen LogP contribution in [-0.2, 0) is 0 Å². The highest BCUT2D eigenvalue weighted by Crippen LogP contribution is 2.74. The highest BCUT2D eigenvalue weighted by atomic mass is 19.3. The Morgan fingerprint density at radius 2 is 1.00 bits per heavy atom. The number of rotatable bonds is 0. The minimum absolute atomic E-state index is 1.03. The van der Waals surface area contributed by atoms with Gasteiger partial charge in [-0.2, -0.15) is 17.6 Å². The maximum atomic E-state index is 13.1. The molecule has 0 aliphatic heterocycles. The van der Waals surface area contributed by atoms with Crippen molar-refractivity contribution in [3.05, 3.63) is 0 Å². The van der Waals surface area contributed by atoms with E-state index in [-0.39, 0.29) is 0 Å². The van der Waals surface area contributed by atoms with Gasteiger partial charge in [0.05, 0.1) is 0 Å². The van der Waals surface area contributed by atoms with E-state index in [1.807, 2.05) is 0 Å². The Morgan fingerprint density at radius 3 is 1.00 bits per heavy atom. The molecule has 0 amide bonds. The summed E-state index contributed by atoms with van der Waals surface area (Å²) in [6.07, 6.45) is 0. The second kappa shape index (κ2) is 1.77. The molecule has 1 rings (SSSR count). The topological polar surface area (TPSA) is 0 Å². The first-order valence-electron chi connectivity index (χ1n) is 3.44. The van der Waals surface area contributed by atoms with Crippen LogP contribution in [0.3, 0.4) is 0 Å². The summed E-state index contributed by atoms with van der Waals surface area (Å²) in [5, 5.41) is 0. The van der Waals surface area contributed by atoms with Crippen LogP contribution in [0.15, 0.2) is 0 Å². The van der Waals surface area contributed by atoms with Crippen LogP contribution in [0.1, 0.15) is 20.8 Å². The van der Waals surface area contributed by atoms with Gasteiger partial charge >= 0.3 is 11.8 Å². The van der Waals surface area contributed by atoms with Gasteiger partial charge in [-0.3, -0.25) is 0 Å². The van der Waals surface area contributed by atoms with Crippen LogP contribution in [0.2, 0.25) is 0 Å². The van der Waals surface area contributed by atoms with Crippen molar-refractivity contribution in [3.8, 4) is 0 Å². The molecule has 1 aliphatic rings. The standard InChI is InChI=1S/C7H9F5/c1-4(2,3)5(8)6(9,10)7(5,11)12/h1-3H3. The van der Waals surface area contributed by atoms with Gasteiger partial charge < -0.3 is 0 Å². The molecule has 0 aromatic rings. The summed E-state index contributed by atoms with van der Waals surface area (Å²) < 4.78 is 62.4. The van der Waals surface area contributed by atoms with Crippen LogP contribution in [0.25, 0.3) is 0 Å². The summed E-state index contributed by atoms with van der Waals surface area (Å²) in [6, 6.07) is 0. The lowest BCUT2D eigenvalue weighted by Gasteiger charge is -2.22. The normalized spacial score (nSPS) is 30.0. The number of hydrogen-bond donors (Lipinski definition) is 0. The molecule has 0 aromatic carbocycles. The second-order valence-corrected chi connectivity index (χ2v) is 4.06. The van der Waals surface area contributed by atoms with Gasteiger partial charge in [0, 0.05) is 5.41 Å². The quantitative estimate of drug-likeness (QED) is 0.512. The maximum absolute atomic E-state index is 13.1. The first-order valence-corrected chi connectivity index (χ1v) is 3.44. The van der Waals surface area contributed by atoms with E-state index >= 15 is 0 Å². The molecule has 0 radical (unpaired) electrons. The van der Waals surface area contributed by atoms with Crippen LogP contribution in [0, 0.1) is 5.41 Å². The molecule has 0 unspecified atom stereocenters. The van der Waals surface area contributed by atoms with Gasteiger partial charge in [-0.1, -0.05) is 20.8 Å². The van der Waals surface area contributed by atoms with Gasteiger partial charge in [0.25, 0.3) is 5.67 Å². The third kappa shape index (κ3) is 0.638. The number of halogens is 5. The minimum atomic E-state index is -4.52. The van der Waals surface area contributed by atoms with Crippen LogP contribution in [0.4, 0.5) is 22.0 Å². The third-order valence-corrected chi connectivity index (χ3v) is 2.23. The molecule has 0 heterocycles. The first-order chi connectivity index (χ1) is 5.00. The molecule has 1 fully saturated rings. The Bertz CT molecular complexity index is 198. The van der Waals surface area contributed by atoms with Crippen LogP contribution in [0.5, 0.6) is 0 Å². The summed E-state index contributed by atoms with van der Waals surface area (Å²) in [5.74, 6) is -9.03. The van der Waals surface area contributed by atoms with Crippen molar-refractivity contribution in [1.82, 2.24) is 0 Å². The zero-order valence-corrected chi connectivity index (χ0v) is 6.89. The van der Waals surface area contributed by atoms with Gasteiger partial charge in [-0.05, 0) is 0 Å². The predicted octanol–water partition coefficient (Wildman–Crippen LogP) is 3.03. The fourth-order valence-electron chi connectivity index (χ4n) is 1.33. The molecule has 1 saturated carbocycles. The van der Waals surface area contributed by atoms with Crippen molar-refractivity contribution in [2.75, 3.05) is 0 Å². The van der Waals surface area contributed by atoms with Gasteiger partial charge in [0.1, 0.15) is 0 Å². The fourth-order valence-corrected chi connectivity index (χ4v) is 1.33. The minimum Gasteiger partial charge on any atom is -0.229 e. The highest BCUT2D eigenvalue weighted by molar-refractivity contribution is 5.32. The Morgan fingerprint density at radius 1 is 0.750 bits per heavy atom. The number of alkyl halides is 5. The van der Waals surface area contributed by atoms with E-state index in [1.54, 1.807) is 0 Å². The lowest BCUT2D eigenvalue weighted by Crippen LogP contribution is -2.32. The molecule has 12 heavy (non-hydrogen) atoms. The molecule has 0 saturated heterocycles. The monoisotopic (exact) mass is 188 g/mol. The Kier molecular flexibility index (Phi) is 1.44. The molecular formula is C7H9F5. The summed E-state index contributed by atoms with van der Waals surface area (Å²) in [5.41, 5.74) is -5.44. The molecule has 0 spiro atoms. The van der Waals surface area contributed by atoms with Crippen LogP contribution < -0.4 is 0 Å². The highest BCUT2D eigenvalue weighted by Gasteiger charge is 3.01. The molecule has 72 valence electrons. The molecule has 1 aliphatic carbocycles. The van der Waals surface area contributed by atoms with Crippen molar-refractivity contribution >= 4 is 0 Å². The molecule has 0 aromatic heterocycles. The number of hydrogen-bond acceptors (Lipinski definition) is 0. The Balaban J connectivity index is 3.09. The molecular weight excluding hydrogens is 179 g/mol. The first kappa shape index (κ1) is 9.74. The SMILES string of the molecule is CC(C)(C)C1(F)C(F)(F)C1(F)F. The molecule has 0 nitrogen and oxygen atoms in total. The van der Waals surface area contributed by atoms with Crippen molar-refractivity contribution in [3.63, 3.8) is 0 Å². The van der Waals surface area contributed by atoms with Gasteiger partial charge in [0.15, 0.2) is 0 Å². The maximum Gasteiger partial charge on any atom is 0.353 e. The van der Waals surface area contributed by atoms with E-state index in [2.05, 4.69) is 0 Å². The van der Waals surface area contributed by atoms with E-state index in [4.69, 9.17) is 0 Å². The van der Waals surface area contributed by atoms with E-state index in [0.29, 0.717) is 0 Å². The zero-order valence-electron chi connectivity index (χ0n) is 6.89. The predicted molar refractivity (Wildman–Crippen MR) is 33.2 cm³/mol. The summed E-state index contributed by atoms with van der Waals surface area (Å²) in [6.45, 7) is 3.09. The van der Waals surface area contributed by atoms with Gasteiger partial charge in [-0.25, -0.2) is 4.39 Å². The van der Waals surface area contributed by atoms with E-state index < -0.39 is 22.9 Å². The largest absolute Gasteiger partial charge is 0.353 e. The van der Waals surface area contributed by atoms with Crippen LogP contribution >= 0.6 is 0 Å².